The first-order valence-electron chi connectivity index (χ1n) is 12.9. The van der Waals surface area contributed by atoms with Crippen molar-refractivity contribution in [3.8, 4) is 16.8 Å². The van der Waals surface area contributed by atoms with Crippen LogP contribution in [0.15, 0.2) is 85.2 Å². The third-order valence-corrected chi connectivity index (χ3v) is 6.72. The van der Waals surface area contributed by atoms with Gasteiger partial charge in [0.15, 0.2) is 0 Å². The molecule has 0 unspecified atom stereocenters. The molecule has 1 saturated carbocycles. The van der Waals surface area contributed by atoms with Crippen molar-refractivity contribution in [2.24, 2.45) is 0 Å². The van der Waals surface area contributed by atoms with Gasteiger partial charge in [-0.05, 0) is 67.1 Å². The van der Waals surface area contributed by atoms with E-state index in [0.717, 1.165) is 46.3 Å². The fraction of sp³-hybridized carbons (Fsp3) is 0.200. The van der Waals surface area contributed by atoms with Crippen LogP contribution in [0.5, 0.6) is 0 Å². The van der Waals surface area contributed by atoms with Crippen molar-refractivity contribution >= 4 is 28.7 Å². The maximum absolute atomic E-state index is 13.4. The highest BCUT2D eigenvalue weighted by Crippen LogP contribution is 2.28. The number of rotatable bonds is 9. The molecule has 0 radical (unpaired) electrons. The smallest absolute Gasteiger partial charge is 0.258 e. The number of anilines is 1. The van der Waals surface area contributed by atoms with Crippen LogP contribution in [0.4, 0.5) is 5.95 Å². The summed E-state index contributed by atoms with van der Waals surface area (Å²) >= 11 is 0. The predicted octanol–water partition coefficient (Wildman–Crippen LogP) is 5.27. The van der Waals surface area contributed by atoms with Crippen molar-refractivity contribution in [2.45, 2.75) is 38.1 Å². The van der Waals surface area contributed by atoms with Crippen LogP contribution >= 0.6 is 0 Å². The maximum atomic E-state index is 13.4. The molecule has 38 heavy (non-hydrogen) atoms. The number of nitrogens with zero attached hydrogens (tertiary/aromatic N) is 3. The van der Waals surface area contributed by atoms with Gasteiger partial charge in [0, 0.05) is 35.3 Å². The molecule has 5 aromatic rings. The van der Waals surface area contributed by atoms with E-state index >= 15 is 0 Å². The van der Waals surface area contributed by atoms with Crippen LogP contribution in [-0.2, 0) is 11.2 Å². The van der Waals surface area contributed by atoms with E-state index in [0.29, 0.717) is 36.8 Å². The fourth-order valence-corrected chi connectivity index (χ4v) is 4.60. The van der Waals surface area contributed by atoms with E-state index in [9.17, 15) is 9.59 Å². The lowest BCUT2D eigenvalue weighted by Gasteiger charge is -2.10. The standard InChI is InChI=1S/C30H28N6O2/c37-28(32-22-15-16-22)14-5-9-23-19-36(24-10-2-1-3-11-24)30(33-23)34-29(38)21-8-4-7-20(17-21)25-12-6-13-27-26(25)18-31-35-27/h1-4,6-8,10-13,17-19,22H,5,9,14-16H2,(H,31,35)(H,32,37)(H,33,34,38). The second kappa shape index (κ2) is 10.3. The number of carbonyl (C=O) groups excluding carboxylic acids is 2. The van der Waals surface area contributed by atoms with Crippen LogP contribution in [-0.4, -0.2) is 37.6 Å². The zero-order valence-electron chi connectivity index (χ0n) is 20.9. The molecule has 2 aromatic heterocycles. The molecule has 0 saturated heterocycles. The predicted molar refractivity (Wildman–Crippen MR) is 147 cm³/mol. The third kappa shape index (κ3) is 5.20. The molecule has 8 nitrogen and oxygen atoms in total. The number of nitrogens with one attached hydrogen (secondary N) is 3. The zero-order chi connectivity index (χ0) is 25.9. The average molecular weight is 505 g/mol. The van der Waals surface area contributed by atoms with Crippen molar-refractivity contribution in [2.75, 3.05) is 5.32 Å². The molecule has 1 aliphatic rings. The van der Waals surface area contributed by atoms with Gasteiger partial charge in [-0.1, -0.05) is 42.5 Å². The number of benzene rings is 3. The lowest BCUT2D eigenvalue weighted by molar-refractivity contribution is -0.121. The van der Waals surface area contributed by atoms with Gasteiger partial charge in [-0.15, -0.1) is 0 Å². The SMILES string of the molecule is O=C(CCCc1cn(-c2ccccc2)c(NC(=O)c2cccc(-c3cccc4[nH]ncc34)c2)n1)NC1CC1. The largest absolute Gasteiger partial charge is 0.353 e. The summed E-state index contributed by atoms with van der Waals surface area (Å²) in [5.41, 5.74) is 5.13. The monoisotopic (exact) mass is 504 g/mol. The molecule has 0 bridgehead atoms. The molecule has 3 N–H and O–H groups in total. The van der Waals surface area contributed by atoms with Gasteiger partial charge in [-0.2, -0.15) is 5.10 Å². The molecule has 0 spiro atoms. The van der Waals surface area contributed by atoms with Crippen LogP contribution in [0.2, 0.25) is 0 Å². The quantitative estimate of drug-likeness (QED) is 0.254. The Labute approximate surface area is 220 Å². The maximum Gasteiger partial charge on any atom is 0.258 e. The number of hydrogen-bond acceptors (Lipinski definition) is 4. The zero-order valence-corrected chi connectivity index (χ0v) is 20.9. The molecular weight excluding hydrogens is 476 g/mol. The number of carbonyl (C=O) groups is 2. The molecule has 6 rings (SSSR count). The Hall–Kier alpha value is -4.72. The van der Waals surface area contributed by atoms with Crippen LogP contribution in [0.1, 0.15) is 41.7 Å². The van der Waals surface area contributed by atoms with Crippen molar-refractivity contribution in [3.63, 3.8) is 0 Å². The highest BCUT2D eigenvalue weighted by atomic mass is 16.2. The van der Waals surface area contributed by atoms with Gasteiger partial charge in [-0.3, -0.25) is 24.6 Å². The molecule has 190 valence electrons. The number of aromatic nitrogens is 4. The van der Waals surface area contributed by atoms with Crippen LogP contribution < -0.4 is 10.6 Å². The highest BCUT2D eigenvalue weighted by molar-refractivity contribution is 6.05. The number of para-hydroxylation sites is 1. The number of imidazole rings is 1. The number of aryl methyl sites for hydroxylation is 1. The molecule has 1 aliphatic carbocycles. The van der Waals surface area contributed by atoms with Crippen LogP contribution in [0, 0.1) is 0 Å². The molecule has 3 aromatic carbocycles. The average Bonchev–Trinajstić information content (AvgIpc) is 3.46. The molecule has 0 aliphatic heterocycles. The normalized spacial score (nSPS) is 12.9. The van der Waals surface area contributed by atoms with Gasteiger partial charge in [0.25, 0.3) is 5.91 Å². The van der Waals surface area contributed by atoms with E-state index in [1.165, 1.54) is 0 Å². The van der Waals surface area contributed by atoms with Crippen LogP contribution in [0.3, 0.4) is 0 Å². The van der Waals surface area contributed by atoms with E-state index in [4.69, 9.17) is 4.98 Å². The second-order valence-corrected chi connectivity index (χ2v) is 9.63. The fourth-order valence-electron chi connectivity index (χ4n) is 4.60. The number of hydrogen-bond donors (Lipinski definition) is 3. The Bertz CT molecular complexity index is 1600. The molecule has 0 atom stereocenters. The molecule has 1 fully saturated rings. The minimum Gasteiger partial charge on any atom is -0.353 e. The first kappa shape index (κ1) is 23.7. The van der Waals surface area contributed by atoms with Gasteiger partial charge in [0.05, 0.1) is 17.4 Å². The number of fused-ring (bicyclic) bond motifs is 1. The molecular formula is C30H28N6O2. The molecule has 2 heterocycles. The summed E-state index contributed by atoms with van der Waals surface area (Å²) < 4.78 is 1.88. The van der Waals surface area contributed by atoms with Gasteiger partial charge in [-0.25, -0.2) is 4.98 Å². The van der Waals surface area contributed by atoms with Gasteiger partial charge >= 0.3 is 0 Å². The van der Waals surface area contributed by atoms with Crippen molar-refractivity contribution in [1.82, 2.24) is 25.1 Å². The molecule has 2 amide bonds. The second-order valence-electron chi connectivity index (χ2n) is 9.63. The Balaban J connectivity index is 1.22. The summed E-state index contributed by atoms with van der Waals surface area (Å²) in [7, 11) is 0. The van der Waals surface area contributed by atoms with Gasteiger partial charge < -0.3 is 5.32 Å². The van der Waals surface area contributed by atoms with E-state index < -0.39 is 0 Å². The van der Waals surface area contributed by atoms with E-state index in [1.54, 1.807) is 12.3 Å². The molecule has 8 heteroatoms. The summed E-state index contributed by atoms with van der Waals surface area (Å²) in [6.45, 7) is 0. The first-order valence-corrected chi connectivity index (χ1v) is 12.9. The highest BCUT2D eigenvalue weighted by Gasteiger charge is 2.23. The van der Waals surface area contributed by atoms with Crippen molar-refractivity contribution in [1.29, 1.82) is 0 Å². The lowest BCUT2D eigenvalue weighted by Crippen LogP contribution is -2.25. The summed E-state index contributed by atoms with van der Waals surface area (Å²) in [4.78, 5) is 30.2. The van der Waals surface area contributed by atoms with E-state index in [-0.39, 0.29) is 11.8 Å². The minimum atomic E-state index is -0.246. The first-order chi connectivity index (χ1) is 18.6. The Morgan fingerprint density at radius 3 is 2.68 bits per heavy atom. The summed E-state index contributed by atoms with van der Waals surface area (Å²) in [6, 6.07) is 23.7. The topological polar surface area (TPSA) is 105 Å². The van der Waals surface area contributed by atoms with Crippen LogP contribution in [0.25, 0.3) is 27.7 Å². The summed E-state index contributed by atoms with van der Waals surface area (Å²) in [5, 5.41) is 14.2. The van der Waals surface area contributed by atoms with Crippen molar-refractivity contribution < 1.29 is 9.59 Å². The Morgan fingerprint density at radius 1 is 1.00 bits per heavy atom. The Morgan fingerprint density at radius 2 is 1.84 bits per heavy atom. The van der Waals surface area contributed by atoms with E-state index in [2.05, 4.69) is 20.8 Å². The number of amides is 2. The Kier molecular flexibility index (Phi) is 6.44. The van der Waals surface area contributed by atoms with E-state index in [1.807, 2.05) is 77.5 Å². The minimum absolute atomic E-state index is 0.0921. The third-order valence-electron chi connectivity index (χ3n) is 6.72. The summed E-state index contributed by atoms with van der Waals surface area (Å²) in [6.07, 6.45) is 7.69. The van der Waals surface area contributed by atoms with Gasteiger partial charge in [0.1, 0.15) is 0 Å². The number of H-pyrrole nitrogens is 1. The van der Waals surface area contributed by atoms with Gasteiger partial charge in [0.2, 0.25) is 11.9 Å². The summed E-state index contributed by atoms with van der Waals surface area (Å²) in [5.74, 6) is 0.292. The van der Waals surface area contributed by atoms with Crippen molar-refractivity contribution in [3.05, 3.63) is 96.4 Å². The lowest BCUT2D eigenvalue weighted by atomic mass is 10.00. The number of aromatic amines is 1.